The minimum atomic E-state index is -1.34. The van der Waals surface area contributed by atoms with Gasteiger partial charge in [0.2, 0.25) is 0 Å². The van der Waals surface area contributed by atoms with Crippen LogP contribution in [-0.4, -0.2) is 21.7 Å². The molecule has 4 rings (SSSR count). The van der Waals surface area contributed by atoms with E-state index in [1.807, 2.05) is 0 Å². The fourth-order valence-electron chi connectivity index (χ4n) is 3.37. The molecule has 1 atom stereocenters. The number of furan rings is 1. The van der Waals surface area contributed by atoms with E-state index in [0.29, 0.717) is 6.07 Å². The molecule has 1 amide bonds. The second kappa shape index (κ2) is 7.48. The molecule has 156 valence electrons. The van der Waals surface area contributed by atoms with Gasteiger partial charge in [0.1, 0.15) is 29.2 Å². The van der Waals surface area contributed by atoms with Gasteiger partial charge >= 0.3 is 0 Å². The molecule has 1 unspecified atom stereocenters. The first kappa shape index (κ1) is 20.0. The number of rotatable bonds is 4. The number of nitro groups is 1. The maximum Gasteiger partial charge on any atom is 0.300 e. The maximum atomic E-state index is 14.5. The molecular weight excluding hydrogens is 414 g/mol. The van der Waals surface area contributed by atoms with Crippen molar-refractivity contribution < 1.29 is 32.8 Å². The van der Waals surface area contributed by atoms with E-state index in [1.54, 1.807) is 0 Å². The summed E-state index contributed by atoms with van der Waals surface area (Å²) in [6.45, 7) is 0. The summed E-state index contributed by atoms with van der Waals surface area (Å²) < 4.78 is 33.2. The summed E-state index contributed by atoms with van der Waals surface area (Å²) in [6.07, 6.45) is 1.27. The number of benzene rings is 2. The summed E-state index contributed by atoms with van der Waals surface area (Å²) in [5, 5.41) is 21.6. The Kier molecular flexibility index (Phi) is 4.82. The molecule has 1 aromatic heterocycles. The van der Waals surface area contributed by atoms with Gasteiger partial charge in [-0.1, -0.05) is 0 Å². The molecule has 0 aliphatic carbocycles. The van der Waals surface area contributed by atoms with Crippen molar-refractivity contribution in [3.63, 3.8) is 0 Å². The van der Waals surface area contributed by atoms with Crippen LogP contribution in [0.3, 0.4) is 0 Å². The number of hydrogen-bond acceptors (Lipinski definition) is 6. The van der Waals surface area contributed by atoms with Crippen molar-refractivity contribution in [1.82, 2.24) is 0 Å². The number of nitrogens with zero attached hydrogens (tertiary/aromatic N) is 2. The molecule has 0 saturated carbocycles. The van der Waals surface area contributed by atoms with E-state index in [0.717, 1.165) is 29.2 Å². The van der Waals surface area contributed by atoms with Crippen LogP contribution in [0, 0.1) is 21.7 Å². The highest BCUT2D eigenvalue weighted by molar-refractivity contribution is 6.51. The topological polar surface area (TPSA) is 114 Å². The van der Waals surface area contributed by atoms with Crippen molar-refractivity contribution in [3.05, 3.63) is 99.5 Å². The quantitative estimate of drug-likeness (QED) is 0.221. The minimum absolute atomic E-state index is 0.0275. The van der Waals surface area contributed by atoms with E-state index < -0.39 is 45.6 Å². The van der Waals surface area contributed by atoms with Gasteiger partial charge in [-0.3, -0.25) is 24.6 Å². The average molecular weight is 426 g/mol. The minimum Gasteiger partial charge on any atom is -0.507 e. The van der Waals surface area contributed by atoms with E-state index in [4.69, 9.17) is 4.42 Å². The van der Waals surface area contributed by atoms with Gasteiger partial charge in [-0.15, -0.1) is 0 Å². The first-order valence-corrected chi connectivity index (χ1v) is 8.84. The highest BCUT2D eigenvalue weighted by Crippen LogP contribution is 2.43. The standard InChI is InChI=1S/C21H12F2N2O6/c22-12-5-8-15(14(23)10-12)24-18(16-2-1-9-31-16)17(20(27)21(24)28)19(26)11-3-6-13(7-4-11)25(29)30/h1-10,18,26H/b19-17-. The van der Waals surface area contributed by atoms with Crippen molar-refractivity contribution >= 4 is 28.8 Å². The number of carbonyl (C=O) groups is 2. The lowest BCUT2D eigenvalue weighted by Gasteiger charge is -2.23. The largest absolute Gasteiger partial charge is 0.507 e. The van der Waals surface area contributed by atoms with Gasteiger partial charge < -0.3 is 9.52 Å². The Hall–Kier alpha value is -4.34. The monoisotopic (exact) mass is 426 g/mol. The van der Waals surface area contributed by atoms with Crippen molar-refractivity contribution in [2.75, 3.05) is 4.90 Å². The molecule has 0 bridgehead atoms. The molecule has 31 heavy (non-hydrogen) atoms. The zero-order valence-corrected chi connectivity index (χ0v) is 15.5. The molecular formula is C21H12F2N2O6. The lowest BCUT2D eigenvalue weighted by Crippen LogP contribution is -2.30. The molecule has 0 spiro atoms. The Morgan fingerprint density at radius 1 is 1.10 bits per heavy atom. The predicted octanol–water partition coefficient (Wildman–Crippen LogP) is 4.09. The molecule has 10 heteroatoms. The van der Waals surface area contributed by atoms with Gasteiger partial charge in [0, 0.05) is 23.8 Å². The molecule has 2 aromatic carbocycles. The molecule has 1 aliphatic heterocycles. The van der Waals surface area contributed by atoms with Gasteiger partial charge in [-0.2, -0.15) is 0 Å². The number of nitro benzene ring substituents is 1. The van der Waals surface area contributed by atoms with E-state index in [2.05, 4.69) is 0 Å². The van der Waals surface area contributed by atoms with E-state index >= 15 is 0 Å². The Morgan fingerprint density at radius 3 is 2.39 bits per heavy atom. The SMILES string of the molecule is O=C1C(=O)N(c2ccc(F)cc2F)C(c2ccco2)/C1=C(/O)c1ccc([N+](=O)[O-])cc1. The molecule has 3 aromatic rings. The Balaban J connectivity index is 1.90. The third kappa shape index (κ3) is 3.33. The second-order valence-electron chi connectivity index (χ2n) is 6.58. The fraction of sp³-hybridized carbons (Fsp3) is 0.0476. The molecule has 1 N–H and O–H groups in total. The predicted molar refractivity (Wildman–Crippen MR) is 103 cm³/mol. The van der Waals surface area contributed by atoms with Gasteiger partial charge in [-0.25, -0.2) is 8.78 Å². The van der Waals surface area contributed by atoms with E-state index in [1.165, 1.54) is 30.5 Å². The first-order chi connectivity index (χ1) is 14.8. The molecule has 1 aliphatic rings. The summed E-state index contributed by atoms with van der Waals surface area (Å²) in [4.78, 5) is 36.6. The number of carbonyl (C=O) groups excluding carboxylic acids is 2. The molecule has 1 saturated heterocycles. The van der Waals surface area contributed by atoms with Crippen LogP contribution in [0.25, 0.3) is 5.76 Å². The number of anilines is 1. The Bertz CT molecular complexity index is 1240. The van der Waals surface area contributed by atoms with Gasteiger partial charge in [0.25, 0.3) is 17.4 Å². The first-order valence-electron chi connectivity index (χ1n) is 8.84. The Labute approximate surface area is 172 Å². The van der Waals surface area contributed by atoms with Crippen LogP contribution in [-0.2, 0) is 9.59 Å². The highest BCUT2D eigenvalue weighted by atomic mass is 19.1. The molecule has 8 nitrogen and oxygen atoms in total. The number of aliphatic hydroxyl groups excluding tert-OH is 1. The number of halogens is 2. The van der Waals surface area contributed by atoms with Crippen LogP contribution in [0.15, 0.2) is 70.9 Å². The van der Waals surface area contributed by atoms with Crippen LogP contribution in [0.5, 0.6) is 0 Å². The van der Waals surface area contributed by atoms with Crippen molar-refractivity contribution in [2.24, 2.45) is 0 Å². The fourth-order valence-corrected chi connectivity index (χ4v) is 3.37. The summed E-state index contributed by atoms with van der Waals surface area (Å²) in [7, 11) is 0. The number of Topliss-reactive ketones (excluding diaryl/α,β-unsaturated/α-hetero) is 1. The van der Waals surface area contributed by atoms with Gasteiger partial charge in [0.05, 0.1) is 22.4 Å². The zero-order valence-electron chi connectivity index (χ0n) is 15.5. The number of non-ortho nitro benzene ring substituents is 1. The average Bonchev–Trinajstić information content (AvgIpc) is 3.35. The zero-order chi connectivity index (χ0) is 22.3. The number of aliphatic hydroxyl groups is 1. The molecule has 1 fully saturated rings. The number of ketones is 1. The summed E-state index contributed by atoms with van der Waals surface area (Å²) >= 11 is 0. The van der Waals surface area contributed by atoms with Crippen molar-refractivity contribution in [2.45, 2.75) is 6.04 Å². The van der Waals surface area contributed by atoms with Gasteiger partial charge in [0.15, 0.2) is 0 Å². The molecule has 0 radical (unpaired) electrons. The highest BCUT2D eigenvalue weighted by Gasteiger charge is 2.49. The van der Waals surface area contributed by atoms with E-state index in [-0.39, 0.29) is 22.7 Å². The lowest BCUT2D eigenvalue weighted by molar-refractivity contribution is -0.384. The lowest BCUT2D eigenvalue weighted by atomic mass is 9.99. The van der Waals surface area contributed by atoms with Crippen molar-refractivity contribution in [3.8, 4) is 0 Å². The van der Waals surface area contributed by atoms with Crippen LogP contribution in [0.1, 0.15) is 17.4 Å². The smallest absolute Gasteiger partial charge is 0.300 e. The van der Waals surface area contributed by atoms with Crippen molar-refractivity contribution in [1.29, 1.82) is 0 Å². The van der Waals surface area contributed by atoms with E-state index in [9.17, 15) is 33.6 Å². The van der Waals surface area contributed by atoms with Crippen LogP contribution in [0.4, 0.5) is 20.2 Å². The Morgan fingerprint density at radius 2 is 1.81 bits per heavy atom. The van der Waals surface area contributed by atoms with Gasteiger partial charge in [-0.05, 0) is 36.4 Å². The maximum absolute atomic E-state index is 14.5. The van der Waals surface area contributed by atoms with Crippen LogP contribution >= 0.6 is 0 Å². The molecule has 2 heterocycles. The second-order valence-corrected chi connectivity index (χ2v) is 6.58. The summed E-state index contributed by atoms with van der Waals surface area (Å²) in [5.41, 5.74) is -1.00. The number of amides is 1. The summed E-state index contributed by atoms with van der Waals surface area (Å²) in [5.74, 6) is -4.82. The van der Waals surface area contributed by atoms with Crippen LogP contribution < -0.4 is 4.90 Å². The van der Waals surface area contributed by atoms with Crippen LogP contribution in [0.2, 0.25) is 0 Å². The normalized spacial score (nSPS) is 17.9. The third-order valence-electron chi connectivity index (χ3n) is 4.78. The third-order valence-corrected chi connectivity index (χ3v) is 4.78. The summed E-state index contributed by atoms with van der Waals surface area (Å²) in [6, 6.07) is 8.69. The number of hydrogen-bond donors (Lipinski definition) is 1.